The maximum absolute atomic E-state index is 12.4. The van der Waals surface area contributed by atoms with Crippen LogP contribution in [0.1, 0.15) is 0 Å². The van der Waals surface area contributed by atoms with Gasteiger partial charge in [0.25, 0.3) is 0 Å². The number of halogens is 1. The van der Waals surface area contributed by atoms with E-state index < -0.39 is 10.0 Å². The molecular formula is C21H22BrN5O3S2. The molecule has 1 N–H and O–H groups in total. The summed E-state index contributed by atoms with van der Waals surface area (Å²) in [5.74, 6) is 0.553. The molecule has 1 aromatic heterocycles. The second kappa shape index (κ2) is 10.4. The number of nitrogens with one attached hydrogen (secondary N) is 1. The lowest BCUT2D eigenvalue weighted by Crippen LogP contribution is -2.22. The fraction of sp³-hybridized carbons (Fsp3) is 0.190. The number of carbonyl (C=O) groups is 1. The Morgan fingerprint density at radius 2 is 1.84 bits per heavy atom. The standard InChI is InChI=1S/C21H22BrN5O3S2/c1-4-13-27-20(15-5-7-16(22)8-6-15)24-21(25-27)31-14-19(28)23-17-9-11-18(12-10-17)32(29,30)26(2)3/h4-12H,1,13-14H2,2-3H3,(H,23,28). The molecule has 0 unspecified atom stereocenters. The number of aromatic nitrogens is 3. The van der Waals surface area contributed by atoms with Crippen molar-refractivity contribution < 1.29 is 13.2 Å². The Morgan fingerprint density at radius 3 is 2.44 bits per heavy atom. The van der Waals surface area contributed by atoms with Crippen molar-refractivity contribution in [3.8, 4) is 11.4 Å². The number of hydrogen-bond donors (Lipinski definition) is 1. The second-order valence-electron chi connectivity index (χ2n) is 6.84. The summed E-state index contributed by atoms with van der Waals surface area (Å²) in [6.07, 6.45) is 1.73. The van der Waals surface area contributed by atoms with Gasteiger partial charge in [0.2, 0.25) is 21.1 Å². The van der Waals surface area contributed by atoms with Crippen LogP contribution in [0.3, 0.4) is 0 Å². The lowest BCUT2D eigenvalue weighted by molar-refractivity contribution is -0.113. The predicted molar refractivity (Wildman–Crippen MR) is 130 cm³/mol. The highest BCUT2D eigenvalue weighted by Gasteiger charge is 2.17. The van der Waals surface area contributed by atoms with Crippen LogP contribution < -0.4 is 5.32 Å². The number of carbonyl (C=O) groups excluding carboxylic acids is 1. The average molecular weight is 536 g/mol. The van der Waals surface area contributed by atoms with Crippen LogP contribution in [-0.2, 0) is 21.4 Å². The molecule has 32 heavy (non-hydrogen) atoms. The smallest absolute Gasteiger partial charge is 0.242 e. The van der Waals surface area contributed by atoms with Gasteiger partial charge in [0, 0.05) is 29.8 Å². The third-order valence-corrected chi connectivity index (χ3v) is 7.50. The minimum atomic E-state index is -3.51. The lowest BCUT2D eigenvalue weighted by Gasteiger charge is -2.11. The van der Waals surface area contributed by atoms with Gasteiger partial charge >= 0.3 is 0 Å². The number of allylic oxidation sites excluding steroid dienone is 1. The zero-order valence-corrected chi connectivity index (χ0v) is 20.7. The van der Waals surface area contributed by atoms with Gasteiger partial charge in [0.15, 0.2) is 5.82 Å². The van der Waals surface area contributed by atoms with Gasteiger partial charge in [-0.3, -0.25) is 4.79 Å². The van der Waals surface area contributed by atoms with Gasteiger partial charge in [-0.25, -0.2) is 22.4 Å². The molecule has 0 spiro atoms. The van der Waals surface area contributed by atoms with Crippen molar-refractivity contribution in [2.24, 2.45) is 0 Å². The number of anilines is 1. The topological polar surface area (TPSA) is 97.2 Å². The minimum Gasteiger partial charge on any atom is -0.325 e. The van der Waals surface area contributed by atoms with Gasteiger partial charge in [-0.1, -0.05) is 45.9 Å². The highest BCUT2D eigenvalue weighted by atomic mass is 79.9. The monoisotopic (exact) mass is 535 g/mol. The van der Waals surface area contributed by atoms with E-state index in [1.807, 2.05) is 24.3 Å². The number of hydrogen-bond acceptors (Lipinski definition) is 6. The van der Waals surface area contributed by atoms with Crippen LogP contribution in [0.4, 0.5) is 5.69 Å². The fourth-order valence-corrected chi connectivity index (χ4v) is 4.50. The SMILES string of the molecule is C=CCn1nc(SCC(=O)Nc2ccc(S(=O)(=O)N(C)C)cc2)nc1-c1ccc(Br)cc1. The van der Waals surface area contributed by atoms with E-state index in [1.54, 1.807) is 22.9 Å². The van der Waals surface area contributed by atoms with E-state index in [4.69, 9.17) is 0 Å². The molecule has 0 fully saturated rings. The zero-order valence-electron chi connectivity index (χ0n) is 17.5. The zero-order chi connectivity index (χ0) is 23.3. The Hall–Kier alpha value is -2.47. The van der Waals surface area contributed by atoms with Gasteiger partial charge in [0.1, 0.15) is 0 Å². The quantitative estimate of drug-likeness (QED) is 0.330. The molecule has 0 radical (unpaired) electrons. The number of thioether (sulfide) groups is 1. The number of amides is 1. The van der Waals surface area contributed by atoms with Gasteiger partial charge in [0.05, 0.1) is 17.2 Å². The Balaban J connectivity index is 1.65. The van der Waals surface area contributed by atoms with Gasteiger partial charge < -0.3 is 5.32 Å². The predicted octanol–water partition coefficient (Wildman–Crippen LogP) is 3.87. The fourth-order valence-electron chi connectivity index (χ4n) is 2.69. The first-order valence-corrected chi connectivity index (χ1v) is 12.7. The van der Waals surface area contributed by atoms with Gasteiger partial charge in [-0.05, 0) is 36.4 Å². The maximum atomic E-state index is 12.4. The molecule has 0 saturated heterocycles. The molecule has 3 aromatic rings. The van der Waals surface area contributed by atoms with E-state index in [2.05, 4.69) is 37.9 Å². The third-order valence-electron chi connectivity index (χ3n) is 4.31. The first kappa shape index (κ1) is 24.2. The van der Waals surface area contributed by atoms with E-state index in [0.29, 0.717) is 23.2 Å². The molecule has 0 bridgehead atoms. The molecule has 8 nitrogen and oxygen atoms in total. The highest BCUT2D eigenvalue weighted by Crippen LogP contribution is 2.24. The third kappa shape index (κ3) is 5.85. The van der Waals surface area contributed by atoms with Crippen molar-refractivity contribution in [2.45, 2.75) is 16.6 Å². The Kier molecular flexibility index (Phi) is 7.88. The molecule has 1 amide bonds. The van der Waals surface area contributed by atoms with Gasteiger partial charge in [-0.15, -0.1) is 11.7 Å². The molecule has 0 atom stereocenters. The minimum absolute atomic E-state index is 0.107. The number of sulfonamides is 1. The molecule has 0 aliphatic heterocycles. The van der Waals surface area contributed by atoms with Crippen molar-refractivity contribution in [2.75, 3.05) is 25.2 Å². The summed E-state index contributed by atoms with van der Waals surface area (Å²) in [5, 5.41) is 7.70. The van der Waals surface area contributed by atoms with Crippen LogP contribution in [0, 0.1) is 0 Å². The largest absolute Gasteiger partial charge is 0.325 e. The molecule has 3 rings (SSSR count). The molecule has 1 heterocycles. The first-order valence-electron chi connectivity index (χ1n) is 9.47. The van der Waals surface area contributed by atoms with Crippen LogP contribution >= 0.6 is 27.7 Å². The summed E-state index contributed by atoms with van der Waals surface area (Å²) in [4.78, 5) is 17.1. The molecule has 168 valence electrons. The van der Waals surface area contributed by atoms with Crippen LogP contribution in [-0.4, -0.2) is 53.2 Å². The maximum Gasteiger partial charge on any atom is 0.242 e. The lowest BCUT2D eigenvalue weighted by atomic mass is 10.2. The van der Waals surface area contributed by atoms with Crippen LogP contribution in [0.2, 0.25) is 0 Å². The highest BCUT2D eigenvalue weighted by molar-refractivity contribution is 9.10. The van der Waals surface area contributed by atoms with Crippen molar-refractivity contribution >= 4 is 49.3 Å². The molecule has 0 aliphatic carbocycles. The van der Waals surface area contributed by atoms with Crippen LogP contribution in [0.15, 0.2) is 75.7 Å². The van der Waals surface area contributed by atoms with Crippen LogP contribution in [0.25, 0.3) is 11.4 Å². The summed E-state index contributed by atoms with van der Waals surface area (Å²) in [7, 11) is -0.578. The summed E-state index contributed by atoms with van der Waals surface area (Å²) < 4.78 is 28.1. The van der Waals surface area contributed by atoms with Crippen molar-refractivity contribution in [3.05, 3.63) is 65.7 Å². The summed E-state index contributed by atoms with van der Waals surface area (Å²) in [5.41, 5.74) is 1.42. The summed E-state index contributed by atoms with van der Waals surface area (Å²) in [6, 6.07) is 13.8. The van der Waals surface area contributed by atoms with Crippen molar-refractivity contribution in [1.82, 2.24) is 19.1 Å². The number of nitrogens with zero attached hydrogens (tertiary/aromatic N) is 4. The molecule has 2 aromatic carbocycles. The first-order chi connectivity index (χ1) is 15.2. The Morgan fingerprint density at radius 1 is 1.19 bits per heavy atom. The van der Waals surface area contributed by atoms with Gasteiger partial charge in [-0.2, -0.15) is 0 Å². The number of rotatable bonds is 9. The molecule has 0 saturated carbocycles. The van der Waals surface area contributed by atoms with E-state index in [9.17, 15) is 13.2 Å². The summed E-state index contributed by atoms with van der Waals surface area (Å²) in [6.45, 7) is 4.25. The van der Waals surface area contributed by atoms with E-state index in [0.717, 1.165) is 14.3 Å². The average Bonchev–Trinajstić information content (AvgIpc) is 3.16. The summed E-state index contributed by atoms with van der Waals surface area (Å²) >= 11 is 4.64. The molecular weight excluding hydrogens is 514 g/mol. The van der Waals surface area contributed by atoms with E-state index in [-0.39, 0.29) is 16.6 Å². The van der Waals surface area contributed by atoms with Crippen molar-refractivity contribution in [3.63, 3.8) is 0 Å². The molecule has 11 heteroatoms. The number of benzene rings is 2. The second-order valence-corrected chi connectivity index (χ2v) is 10.9. The van der Waals surface area contributed by atoms with Crippen LogP contribution in [0.5, 0.6) is 0 Å². The van der Waals surface area contributed by atoms with E-state index in [1.165, 1.54) is 38.0 Å². The Labute approximate surface area is 199 Å². The van der Waals surface area contributed by atoms with E-state index >= 15 is 0 Å². The van der Waals surface area contributed by atoms with Crippen molar-refractivity contribution in [1.29, 1.82) is 0 Å². The normalized spacial score (nSPS) is 11.5. The Bertz CT molecular complexity index is 1210. The molecule has 0 aliphatic rings.